The number of ether oxygens (including phenoxy) is 1. The van der Waals surface area contributed by atoms with Crippen LogP contribution in [-0.2, 0) is 4.74 Å². The maximum absolute atomic E-state index is 11.9. The van der Waals surface area contributed by atoms with Gasteiger partial charge in [-0.3, -0.25) is 0 Å². The molecule has 2 aromatic carbocycles. The molecule has 0 N–H and O–H groups in total. The lowest BCUT2D eigenvalue weighted by molar-refractivity contribution is 0.0527. The molecule has 3 heteroatoms. The predicted octanol–water partition coefficient (Wildman–Crippen LogP) is 4.18. The van der Waals surface area contributed by atoms with Gasteiger partial charge >= 0.3 is 5.97 Å². The molecule has 0 atom stereocenters. The van der Waals surface area contributed by atoms with Crippen molar-refractivity contribution in [3.05, 3.63) is 59.1 Å². The summed E-state index contributed by atoms with van der Waals surface area (Å²) in [4.78, 5) is 11.9. The van der Waals surface area contributed by atoms with Crippen molar-refractivity contribution in [2.75, 3.05) is 6.61 Å². The number of esters is 1. The van der Waals surface area contributed by atoms with Gasteiger partial charge in [0.2, 0.25) is 0 Å². The number of hydrogen-bond donors (Lipinski definition) is 0. The third-order valence-corrected chi connectivity index (χ3v) is 2.92. The second-order valence-electron chi connectivity index (χ2n) is 3.75. The first-order chi connectivity index (χ1) is 8.74. The molecule has 0 aliphatic heterocycles. The van der Waals surface area contributed by atoms with Gasteiger partial charge in [0.1, 0.15) is 0 Å². The number of benzene rings is 2. The monoisotopic (exact) mass is 260 g/mol. The molecule has 0 fully saturated rings. The maximum atomic E-state index is 11.9. The molecule has 0 unspecified atom stereocenters. The first-order valence-corrected chi connectivity index (χ1v) is 6.13. The van der Waals surface area contributed by atoms with E-state index in [9.17, 15) is 4.79 Å². The minimum atomic E-state index is -0.326. The van der Waals surface area contributed by atoms with E-state index in [1.807, 2.05) is 36.4 Å². The van der Waals surface area contributed by atoms with Crippen molar-refractivity contribution >= 4 is 17.6 Å². The SMILES string of the molecule is CCOC(=O)c1ccccc1-c1ccccc1Cl. The van der Waals surface area contributed by atoms with Crippen LogP contribution in [0.3, 0.4) is 0 Å². The Balaban J connectivity index is 2.52. The fourth-order valence-electron chi connectivity index (χ4n) is 1.78. The lowest BCUT2D eigenvalue weighted by Crippen LogP contribution is -2.06. The average molecular weight is 261 g/mol. The van der Waals surface area contributed by atoms with Crippen molar-refractivity contribution in [3.63, 3.8) is 0 Å². The molecule has 0 heterocycles. The lowest BCUT2D eigenvalue weighted by Gasteiger charge is -2.10. The highest BCUT2D eigenvalue weighted by atomic mass is 35.5. The van der Waals surface area contributed by atoms with E-state index in [2.05, 4.69) is 0 Å². The Labute approximate surface area is 111 Å². The molecule has 0 spiro atoms. The molecule has 0 saturated carbocycles. The fourth-order valence-corrected chi connectivity index (χ4v) is 2.02. The van der Waals surface area contributed by atoms with Gasteiger partial charge < -0.3 is 4.74 Å². The van der Waals surface area contributed by atoms with E-state index in [1.54, 1.807) is 19.1 Å². The number of rotatable bonds is 3. The zero-order valence-corrected chi connectivity index (χ0v) is 10.8. The Kier molecular flexibility index (Phi) is 4.00. The van der Waals surface area contributed by atoms with Crippen LogP contribution in [0.1, 0.15) is 17.3 Å². The van der Waals surface area contributed by atoms with Crippen LogP contribution in [0.15, 0.2) is 48.5 Å². The van der Waals surface area contributed by atoms with Gasteiger partial charge in [-0.1, -0.05) is 48.0 Å². The smallest absolute Gasteiger partial charge is 0.338 e. The Hall–Kier alpha value is -1.80. The topological polar surface area (TPSA) is 26.3 Å². The van der Waals surface area contributed by atoms with Crippen LogP contribution in [0, 0.1) is 0 Å². The van der Waals surface area contributed by atoms with E-state index in [0.29, 0.717) is 17.2 Å². The molecule has 0 aliphatic rings. The summed E-state index contributed by atoms with van der Waals surface area (Å²) in [6.45, 7) is 2.14. The van der Waals surface area contributed by atoms with Gasteiger partial charge in [0.15, 0.2) is 0 Å². The van der Waals surface area contributed by atoms with Gasteiger partial charge in [-0.2, -0.15) is 0 Å². The van der Waals surface area contributed by atoms with Crippen LogP contribution in [-0.4, -0.2) is 12.6 Å². The lowest BCUT2D eigenvalue weighted by atomic mass is 10.00. The molecule has 0 aliphatic carbocycles. The third kappa shape index (κ3) is 2.54. The summed E-state index contributed by atoms with van der Waals surface area (Å²) in [7, 11) is 0. The number of carbonyl (C=O) groups is 1. The quantitative estimate of drug-likeness (QED) is 0.774. The van der Waals surface area contributed by atoms with Crippen molar-refractivity contribution in [2.45, 2.75) is 6.92 Å². The van der Waals surface area contributed by atoms with Gasteiger partial charge in [-0.05, 0) is 24.6 Å². The Bertz CT molecular complexity index is 564. The standard InChI is InChI=1S/C15H13ClO2/c1-2-18-15(17)13-9-4-3-7-11(13)12-8-5-6-10-14(12)16/h3-10H,2H2,1H3. The van der Waals surface area contributed by atoms with E-state index in [1.165, 1.54) is 0 Å². The van der Waals surface area contributed by atoms with Gasteiger partial charge in [0.05, 0.1) is 12.2 Å². The van der Waals surface area contributed by atoms with Gasteiger partial charge in [-0.25, -0.2) is 4.79 Å². The van der Waals surface area contributed by atoms with Gasteiger partial charge in [-0.15, -0.1) is 0 Å². The molecule has 92 valence electrons. The predicted molar refractivity (Wildman–Crippen MR) is 72.8 cm³/mol. The maximum Gasteiger partial charge on any atom is 0.338 e. The molecule has 0 bridgehead atoms. The molecule has 0 aromatic heterocycles. The molecular weight excluding hydrogens is 248 g/mol. The minimum Gasteiger partial charge on any atom is -0.462 e. The summed E-state index contributed by atoms with van der Waals surface area (Å²) in [6, 6.07) is 14.7. The van der Waals surface area contributed by atoms with Crippen LogP contribution in [0.4, 0.5) is 0 Å². The molecule has 2 nitrogen and oxygen atoms in total. The molecule has 0 radical (unpaired) electrons. The summed E-state index contributed by atoms with van der Waals surface area (Å²) >= 11 is 6.16. The van der Waals surface area contributed by atoms with Crippen molar-refractivity contribution < 1.29 is 9.53 Å². The molecular formula is C15H13ClO2. The van der Waals surface area contributed by atoms with Crippen LogP contribution in [0.25, 0.3) is 11.1 Å². The highest BCUT2D eigenvalue weighted by Gasteiger charge is 2.14. The van der Waals surface area contributed by atoms with Crippen molar-refractivity contribution in [3.8, 4) is 11.1 Å². The van der Waals surface area contributed by atoms with Crippen molar-refractivity contribution in [1.82, 2.24) is 0 Å². The summed E-state index contributed by atoms with van der Waals surface area (Å²) in [6.07, 6.45) is 0. The molecule has 2 aromatic rings. The van der Waals surface area contributed by atoms with E-state index in [-0.39, 0.29) is 5.97 Å². The highest BCUT2D eigenvalue weighted by Crippen LogP contribution is 2.30. The molecule has 18 heavy (non-hydrogen) atoms. The first kappa shape index (κ1) is 12.7. The summed E-state index contributed by atoms with van der Waals surface area (Å²) < 4.78 is 5.05. The van der Waals surface area contributed by atoms with Crippen molar-refractivity contribution in [1.29, 1.82) is 0 Å². The molecule has 2 rings (SSSR count). The van der Waals surface area contributed by atoms with Gasteiger partial charge in [0.25, 0.3) is 0 Å². The average Bonchev–Trinajstić information content (AvgIpc) is 2.40. The minimum absolute atomic E-state index is 0.326. The van der Waals surface area contributed by atoms with Gasteiger partial charge in [0, 0.05) is 10.6 Å². The fraction of sp³-hybridized carbons (Fsp3) is 0.133. The number of halogens is 1. The number of carbonyl (C=O) groups excluding carboxylic acids is 1. The van der Waals surface area contributed by atoms with Crippen LogP contribution in [0.2, 0.25) is 5.02 Å². The van der Waals surface area contributed by atoms with E-state index >= 15 is 0 Å². The normalized spacial score (nSPS) is 10.1. The van der Waals surface area contributed by atoms with Crippen LogP contribution < -0.4 is 0 Å². The Morgan fingerprint density at radius 1 is 1.06 bits per heavy atom. The molecule has 0 amide bonds. The first-order valence-electron chi connectivity index (χ1n) is 5.75. The highest BCUT2D eigenvalue weighted by molar-refractivity contribution is 6.33. The second-order valence-corrected chi connectivity index (χ2v) is 4.15. The van der Waals surface area contributed by atoms with E-state index < -0.39 is 0 Å². The molecule has 0 saturated heterocycles. The largest absolute Gasteiger partial charge is 0.462 e. The third-order valence-electron chi connectivity index (χ3n) is 2.59. The van der Waals surface area contributed by atoms with Crippen molar-refractivity contribution in [2.24, 2.45) is 0 Å². The zero-order chi connectivity index (χ0) is 13.0. The zero-order valence-electron chi connectivity index (χ0n) is 10.0. The number of hydrogen-bond acceptors (Lipinski definition) is 2. The summed E-state index contributed by atoms with van der Waals surface area (Å²) in [5, 5.41) is 0.620. The second kappa shape index (κ2) is 5.69. The Morgan fingerprint density at radius 3 is 2.33 bits per heavy atom. The Morgan fingerprint density at radius 2 is 1.67 bits per heavy atom. The van der Waals surface area contributed by atoms with E-state index in [0.717, 1.165) is 11.1 Å². The van der Waals surface area contributed by atoms with Crippen LogP contribution in [0.5, 0.6) is 0 Å². The summed E-state index contributed by atoms with van der Waals surface area (Å²) in [5.41, 5.74) is 2.16. The summed E-state index contributed by atoms with van der Waals surface area (Å²) in [5.74, 6) is -0.326. The van der Waals surface area contributed by atoms with E-state index in [4.69, 9.17) is 16.3 Å². The van der Waals surface area contributed by atoms with Crippen LogP contribution >= 0.6 is 11.6 Å².